The molecule has 0 radical (unpaired) electrons. The fourth-order valence-corrected chi connectivity index (χ4v) is 2.75. The third kappa shape index (κ3) is 4.13. The molecule has 0 unspecified atom stereocenters. The number of amides is 1. The van der Waals surface area contributed by atoms with E-state index < -0.39 is 24.5 Å². The maximum absolute atomic E-state index is 12.9. The van der Waals surface area contributed by atoms with Crippen LogP contribution in [0.15, 0.2) is 42.5 Å². The van der Waals surface area contributed by atoms with Crippen LogP contribution in [0.1, 0.15) is 22.8 Å². The molecule has 0 aromatic heterocycles. The van der Waals surface area contributed by atoms with Gasteiger partial charge in [0.05, 0.1) is 6.42 Å². The van der Waals surface area contributed by atoms with Crippen LogP contribution in [-0.2, 0) is 20.7 Å². The Morgan fingerprint density at radius 3 is 2.59 bits per heavy atom. The average Bonchev–Trinajstić information content (AvgIpc) is 2.94. The normalized spacial score (nSPS) is 13.9. The summed E-state index contributed by atoms with van der Waals surface area (Å²) in [4.78, 5) is 37.5. The molecule has 1 aliphatic heterocycles. The molecule has 0 saturated heterocycles. The van der Waals surface area contributed by atoms with Crippen LogP contribution in [0, 0.1) is 5.82 Å². The number of anilines is 1. The van der Waals surface area contributed by atoms with Crippen LogP contribution in [0.25, 0.3) is 0 Å². The number of hydrogen-bond acceptors (Lipinski definition) is 5. The molecule has 6 nitrogen and oxygen atoms in total. The largest absolute Gasteiger partial charge is 0.479 e. The lowest BCUT2D eigenvalue weighted by atomic mass is 10.1. The maximum Gasteiger partial charge on any atom is 0.347 e. The molecule has 1 amide bonds. The van der Waals surface area contributed by atoms with Crippen molar-refractivity contribution in [2.45, 2.75) is 19.4 Å². The van der Waals surface area contributed by atoms with Crippen molar-refractivity contribution in [3.8, 4) is 5.75 Å². The zero-order valence-corrected chi connectivity index (χ0v) is 14.9. The van der Waals surface area contributed by atoms with Crippen molar-refractivity contribution in [1.82, 2.24) is 0 Å². The van der Waals surface area contributed by atoms with Crippen LogP contribution < -0.4 is 9.64 Å². The van der Waals surface area contributed by atoms with E-state index >= 15 is 0 Å². The number of esters is 1. The van der Waals surface area contributed by atoms with Crippen LogP contribution in [0.3, 0.4) is 0 Å². The van der Waals surface area contributed by atoms with E-state index in [-0.39, 0.29) is 18.1 Å². The number of ketones is 1. The molecule has 1 heterocycles. The molecule has 1 atom stereocenters. The summed E-state index contributed by atoms with van der Waals surface area (Å²) in [7, 11) is 1.68. The van der Waals surface area contributed by atoms with Crippen molar-refractivity contribution in [3.05, 3.63) is 59.4 Å². The van der Waals surface area contributed by atoms with E-state index in [0.29, 0.717) is 11.3 Å². The number of halogens is 1. The molecule has 0 N–H and O–H groups in total. The Hall–Kier alpha value is -3.22. The summed E-state index contributed by atoms with van der Waals surface area (Å²) in [6.07, 6.45) is -0.704. The highest BCUT2D eigenvalue weighted by Crippen LogP contribution is 2.28. The van der Waals surface area contributed by atoms with Crippen LogP contribution in [0.5, 0.6) is 5.75 Å². The van der Waals surface area contributed by atoms with E-state index in [4.69, 9.17) is 9.47 Å². The van der Waals surface area contributed by atoms with Gasteiger partial charge in [0.2, 0.25) is 5.91 Å². The zero-order chi connectivity index (χ0) is 19.6. The van der Waals surface area contributed by atoms with E-state index in [1.165, 1.54) is 36.1 Å². The summed E-state index contributed by atoms with van der Waals surface area (Å²) in [6.45, 7) is 1.05. The van der Waals surface area contributed by atoms with Gasteiger partial charge in [-0.25, -0.2) is 9.18 Å². The average molecular weight is 371 g/mol. The number of Topliss-reactive ketones (excluding diaryl/α,β-unsaturated/α-hetero) is 1. The first-order chi connectivity index (χ1) is 12.8. The third-order valence-electron chi connectivity index (χ3n) is 4.28. The van der Waals surface area contributed by atoms with Crippen molar-refractivity contribution in [3.63, 3.8) is 0 Å². The third-order valence-corrected chi connectivity index (χ3v) is 4.28. The van der Waals surface area contributed by atoms with E-state index in [2.05, 4.69) is 0 Å². The number of likely N-dealkylation sites (N-methyl/N-ethyl adjacent to an activating group) is 1. The van der Waals surface area contributed by atoms with Crippen molar-refractivity contribution in [2.75, 3.05) is 18.6 Å². The fraction of sp³-hybridized carbons (Fsp3) is 0.250. The lowest BCUT2D eigenvalue weighted by Gasteiger charge is -2.14. The molecule has 1 aliphatic rings. The Balaban J connectivity index is 1.56. The quantitative estimate of drug-likeness (QED) is 0.576. The number of rotatable bonds is 6. The Morgan fingerprint density at radius 1 is 1.19 bits per heavy atom. The van der Waals surface area contributed by atoms with Gasteiger partial charge in [-0.3, -0.25) is 9.59 Å². The zero-order valence-electron chi connectivity index (χ0n) is 14.9. The predicted molar refractivity (Wildman–Crippen MR) is 95.3 cm³/mol. The minimum atomic E-state index is -0.949. The second kappa shape index (κ2) is 7.57. The van der Waals surface area contributed by atoms with Gasteiger partial charge in [0.1, 0.15) is 11.6 Å². The Kier molecular flexibility index (Phi) is 5.21. The predicted octanol–water partition coefficient (Wildman–Crippen LogP) is 2.54. The highest BCUT2D eigenvalue weighted by Gasteiger charge is 2.25. The molecule has 7 heteroatoms. The van der Waals surface area contributed by atoms with Crippen molar-refractivity contribution >= 4 is 23.3 Å². The van der Waals surface area contributed by atoms with Crippen LogP contribution in [0.4, 0.5) is 10.1 Å². The van der Waals surface area contributed by atoms with E-state index in [1.54, 1.807) is 25.2 Å². The van der Waals surface area contributed by atoms with E-state index in [1.807, 2.05) is 0 Å². The van der Waals surface area contributed by atoms with Gasteiger partial charge in [0.25, 0.3) is 0 Å². The van der Waals surface area contributed by atoms with Crippen molar-refractivity contribution in [2.24, 2.45) is 0 Å². The molecular formula is C20H18FNO5. The molecule has 140 valence electrons. The second-order valence-corrected chi connectivity index (χ2v) is 6.22. The minimum absolute atomic E-state index is 0.0345. The van der Waals surface area contributed by atoms with Crippen molar-refractivity contribution < 1.29 is 28.2 Å². The number of ether oxygens (including phenoxy) is 2. The highest BCUT2D eigenvalue weighted by atomic mass is 19.1. The lowest BCUT2D eigenvalue weighted by Crippen LogP contribution is -2.28. The van der Waals surface area contributed by atoms with Crippen molar-refractivity contribution in [1.29, 1.82) is 0 Å². The highest BCUT2D eigenvalue weighted by molar-refractivity contribution is 6.04. The summed E-state index contributed by atoms with van der Waals surface area (Å²) < 4.78 is 23.2. The van der Waals surface area contributed by atoms with Gasteiger partial charge in [-0.2, -0.15) is 0 Å². The van der Waals surface area contributed by atoms with E-state index in [9.17, 15) is 18.8 Å². The Bertz CT molecular complexity index is 894. The number of hydrogen-bond donors (Lipinski definition) is 0. The number of nitrogens with zero attached hydrogens (tertiary/aromatic N) is 1. The molecule has 0 fully saturated rings. The number of carbonyl (C=O) groups is 3. The Labute approximate surface area is 155 Å². The number of benzene rings is 2. The molecule has 27 heavy (non-hydrogen) atoms. The van der Waals surface area contributed by atoms with Gasteiger partial charge >= 0.3 is 5.97 Å². The smallest absolute Gasteiger partial charge is 0.347 e. The number of fused-ring (bicyclic) bond motifs is 1. The van der Waals surface area contributed by atoms with Gasteiger partial charge in [-0.1, -0.05) is 0 Å². The monoisotopic (exact) mass is 371 g/mol. The van der Waals surface area contributed by atoms with Crippen LogP contribution in [-0.4, -0.2) is 37.4 Å². The maximum atomic E-state index is 12.9. The molecule has 0 saturated carbocycles. The Morgan fingerprint density at radius 2 is 1.89 bits per heavy atom. The topological polar surface area (TPSA) is 72.9 Å². The molecule has 3 rings (SSSR count). The first-order valence-electron chi connectivity index (χ1n) is 8.36. The summed E-state index contributed by atoms with van der Waals surface area (Å²) in [5.41, 5.74) is 1.92. The van der Waals surface area contributed by atoms with E-state index in [0.717, 1.165) is 11.3 Å². The molecule has 2 aromatic rings. The lowest BCUT2D eigenvalue weighted by molar-refractivity contribution is -0.149. The standard InChI is InChI=1S/C20H18FNO5/c1-12(27-16-6-4-15(21)5-7-16)20(25)26-11-18(23)13-3-8-17-14(9-13)10-19(24)22(17)2/h3-9,12H,10-11H2,1-2H3/t12-/m1/s1. The van der Waals surface area contributed by atoms with Gasteiger partial charge < -0.3 is 14.4 Å². The summed E-state index contributed by atoms with van der Waals surface area (Å²) in [5.74, 6) is -1.20. The van der Waals surface area contributed by atoms with Gasteiger partial charge in [0, 0.05) is 18.3 Å². The van der Waals surface area contributed by atoms with Gasteiger partial charge in [0.15, 0.2) is 18.5 Å². The minimum Gasteiger partial charge on any atom is -0.479 e. The summed E-state index contributed by atoms with van der Waals surface area (Å²) in [6, 6.07) is 10.2. The second-order valence-electron chi connectivity index (χ2n) is 6.22. The van der Waals surface area contributed by atoms with Crippen LogP contribution >= 0.6 is 0 Å². The molecule has 2 aromatic carbocycles. The SMILES string of the molecule is C[C@@H](Oc1ccc(F)cc1)C(=O)OCC(=O)c1ccc2c(c1)CC(=O)N2C. The molecule has 0 aliphatic carbocycles. The molecule has 0 spiro atoms. The first-order valence-corrected chi connectivity index (χ1v) is 8.36. The molecular weight excluding hydrogens is 353 g/mol. The van der Waals surface area contributed by atoms with Gasteiger partial charge in [-0.15, -0.1) is 0 Å². The van der Waals surface area contributed by atoms with Gasteiger partial charge in [-0.05, 0) is 55.0 Å². The fourth-order valence-electron chi connectivity index (χ4n) is 2.75. The summed E-state index contributed by atoms with van der Waals surface area (Å²) in [5, 5.41) is 0. The summed E-state index contributed by atoms with van der Waals surface area (Å²) >= 11 is 0. The molecule has 0 bridgehead atoms. The first kappa shape index (κ1) is 18.6. The number of carbonyl (C=O) groups excluding carboxylic acids is 3. The van der Waals surface area contributed by atoms with Crippen LogP contribution in [0.2, 0.25) is 0 Å².